The summed E-state index contributed by atoms with van der Waals surface area (Å²) in [4.78, 5) is 4.52. The van der Waals surface area contributed by atoms with E-state index in [2.05, 4.69) is 10.1 Å². The van der Waals surface area contributed by atoms with Crippen molar-refractivity contribution >= 4 is 22.6 Å². The summed E-state index contributed by atoms with van der Waals surface area (Å²) in [5.74, 6) is 0.459. The van der Waals surface area contributed by atoms with Gasteiger partial charge in [0.25, 0.3) is 0 Å². The third-order valence-electron chi connectivity index (χ3n) is 3.54. The van der Waals surface area contributed by atoms with Crippen LogP contribution in [0.15, 0.2) is 24.4 Å². The van der Waals surface area contributed by atoms with Crippen molar-refractivity contribution in [3.63, 3.8) is 0 Å². The second-order valence-electron chi connectivity index (χ2n) is 5.22. The van der Waals surface area contributed by atoms with Gasteiger partial charge in [0, 0.05) is 18.8 Å². The number of benzene rings is 1. The molecule has 21 heavy (non-hydrogen) atoms. The van der Waals surface area contributed by atoms with Gasteiger partial charge in [-0.3, -0.25) is 4.68 Å². The topological polar surface area (TPSA) is 35.6 Å². The van der Waals surface area contributed by atoms with Crippen molar-refractivity contribution in [2.75, 3.05) is 0 Å². The fraction of sp³-hybridized carbons (Fsp3) is 0.333. The first-order valence-corrected chi connectivity index (χ1v) is 7.18. The molecular formula is C15H16ClFN4. The maximum atomic E-state index is 13.6. The van der Waals surface area contributed by atoms with Gasteiger partial charge in [0.1, 0.15) is 11.6 Å². The molecule has 4 nitrogen and oxygen atoms in total. The Hall–Kier alpha value is -1.88. The summed E-state index contributed by atoms with van der Waals surface area (Å²) in [6, 6.07) is 4.59. The van der Waals surface area contributed by atoms with Crippen LogP contribution in [0.2, 0.25) is 0 Å². The molecule has 0 aliphatic heterocycles. The van der Waals surface area contributed by atoms with Crippen molar-refractivity contribution in [3.05, 3.63) is 47.3 Å². The molecule has 3 rings (SSSR count). The van der Waals surface area contributed by atoms with Gasteiger partial charge in [0.05, 0.1) is 28.6 Å². The highest BCUT2D eigenvalue weighted by Gasteiger charge is 2.17. The Morgan fingerprint density at radius 2 is 2.14 bits per heavy atom. The molecule has 1 atom stereocenters. The third-order valence-corrected chi connectivity index (χ3v) is 3.73. The van der Waals surface area contributed by atoms with Crippen molar-refractivity contribution in [1.29, 1.82) is 0 Å². The molecule has 2 aromatic heterocycles. The van der Waals surface area contributed by atoms with Gasteiger partial charge in [-0.05, 0) is 32.0 Å². The van der Waals surface area contributed by atoms with E-state index in [9.17, 15) is 4.39 Å². The van der Waals surface area contributed by atoms with Gasteiger partial charge >= 0.3 is 0 Å². The number of rotatable bonds is 3. The molecule has 0 aliphatic rings. The zero-order chi connectivity index (χ0) is 15.1. The number of alkyl halides is 1. The molecule has 0 saturated heterocycles. The zero-order valence-corrected chi connectivity index (χ0v) is 12.9. The predicted octanol–water partition coefficient (Wildman–Crippen LogP) is 3.57. The van der Waals surface area contributed by atoms with Crippen LogP contribution in [0.3, 0.4) is 0 Å². The lowest BCUT2D eigenvalue weighted by Gasteiger charge is -2.10. The molecule has 0 aliphatic carbocycles. The summed E-state index contributed by atoms with van der Waals surface area (Å²) in [7, 11) is 1.88. The highest BCUT2D eigenvalue weighted by Crippen LogP contribution is 2.26. The second-order valence-corrected chi connectivity index (χ2v) is 5.87. The number of hydrogen-bond acceptors (Lipinski definition) is 2. The Kier molecular flexibility index (Phi) is 3.45. The first kappa shape index (κ1) is 14.1. The number of hydrogen-bond donors (Lipinski definition) is 0. The highest BCUT2D eigenvalue weighted by molar-refractivity contribution is 6.20. The first-order valence-electron chi connectivity index (χ1n) is 6.74. The minimum absolute atomic E-state index is 0.252. The number of aryl methyl sites for hydroxylation is 2. The average Bonchev–Trinajstić information content (AvgIpc) is 2.91. The molecule has 2 heterocycles. The standard InChI is InChI=1S/C15H16ClFN4/c1-9(16)15-18-13-5-4-12(17)6-14(13)21(15)8-11-7-20(3)19-10(11)2/h4-7,9H,8H2,1-3H3. The fourth-order valence-corrected chi connectivity index (χ4v) is 2.73. The number of imidazole rings is 1. The molecule has 0 saturated carbocycles. The van der Waals surface area contributed by atoms with Crippen LogP contribution in [0, 0.1) is 12.7 Å². The van der Waals surface area contributed by atoms with Gasteiger partial charge in [0.2, 0.25) is 0 Å². The Labute approximate surface area is 127 Å². The van der Waals surface area contributed by atoms with Gasteiger partial charge in [-0.25, -0.2) is 9.37 Å². The lowest BCUT2D eigenvalue weighted by molar-refractivity contribution is 0.628. The molecule has 0 radical (unpaired) electrons. The van der Waals surface area contributed by atoms with Crippen LogP contribution in [0.4, 0.5) is 4.39 Å². The molecule has 1 aromatic carbocycles. The van der Waals surface area contributed by atoms with Gasteiger partial charge in [-0.2, -0.15) is 5.10 Å². The molecule has 6 heteroatoms. The van der Waals surface area contributed by atoms with E-state index in [1.165, 1.54) is 12.1 Å². The Morgan fingerprint density at radius 1 is 1.38 bits per heavy atom. The van der Waals surface area contributed by atoms with Crippen molar-refractivity contribution in [2.24, 2.45) is 7.05 Å². The molecule has 0 bridgehead atoms. The third kappa shape index (κ3) is 2.53. The zero-order valence-electron chi connectivity index (χ0n) is 12.1. The Balaban J connectivity index is 2.17. The molecule has 0 amide bonds. The van der Waals surface area contributed by atoms with Crippen molar-refractivity contribution in [3.8, 4) is 0 Å². The van der Waals surface area contributed by atoms with E-state index in [4.69, 9.17) is 11.6 Å². The second kappa shape index (κ2) is 5.15. The molecule has 3 aromatic rings. The molecule has 0 spiro atoms. The lowest BCUT2D eigenvalue weighted by atomic mass is 10.2. The summed E-state index contributed by atoms with van der Waals surface area (Å²) in [6.45, 7) is 4.40. The van der Waals surface area contributed by atoms with Crippen LogP contribution in [0.1, 0.15) is 29.4 Å². The van der Waals surface area contributed by atoms with Crippen molar-refractivity contribution < 1.29 is 4.39 Å². The van der Waals surface area contributed by atoms with E-state index in [0.717, 1.165) is 28.1 Å². The molecule has 0 fully saturated rings. The minimum Gasteiger partial charge on any atom is -0.322 e. The first-order chi connectivity index (χ1) is 9.95. The van der Waals surface area contributed by atoms with E-state index < -0.39 is 0 Å². The van der Waals surface area contributed by atoms with Gasteiger partial charge in [-0.15, -0.1) is 11.6 Å². The number of nitrogens with zero attached hydrogens (tertiary/aromatic N) is 4. The summed E-state index contributed by atoms with van der Waals surface area (Å²) < 4.78 is 17.3. The number of fused-ring (bicyclic) bond motifs is 1. The van der Waals surface area contributed by atoms with E-state index in [1.807, 2.05) is 31.7 Å². The van der Waals surface area contributed by atoms with Crippen molar-refractivity contribution in [2.45, 2.75) is 25.8 Å². The Bertz CT molecular complexity index is 803. The quantitative estimate of drug-likeness (QED) is 0.694. The van der Waals surface area contributed by atoms with Crippen LogP contribution >= 0.6 is 11.6 Å². The maximum Gasteiger partial charge on any atom is 0.128 e. The number of halogens is 2. The minimum atomic E-state index is -0.277. The summed E-state index contributed by atoms with van der Waals surface area (Å²) in [5, 5.41) is 4.09. The average molecular weight is 307 g/mol. The monoisotopic (exact) mass is 306 g/mol. The highest BCUT2D eigenvalue weighted by atomic mass is 35.5. The van der Waals surface area contributed by atoms with Crippen LogP contribution in [-0.4, -0.2) is 19.3 Å². The summed E-state index contributed by atoms with van der Waals surface area (Å²) >= 11 is 6.23. The van der Waals surface area contributed by atoms with Gasteiger partial charge in [-0.1, -0.05) is 0 Å². The van der Waals surface area contributed by atoms with Crippen LogP contribution in [-0.2, 0) is 13.6 Å². The molecule has 0 N–H and O–H groups in total. The lowest BCUT2D eigenvalue weighted by Crippen LogP contribution is -2.06. The van der Waals surface area contributed by atoms with E-state index in [1.54, 1.807) is 10.7 Å². The van der Waals surface area contributed by atoms with E-state index >= 15 is 0 Å². The van der Waals surface area contributed by atoms with Crippen molar-refractivity contribution in [1.82, 2.24) is 19.3 Å². The number of aromatic nitrogens is 4. The molecular weight excluding hydrogens is 291 g/mol. The van der Waals surface area contributed by atoms with Gasteiger partial charge in [0.15, 0.2) is 0 Å². The SMILES string of the molecule is Cc1nn(C)cc1Cn1c(C(C)Cl)nc2ccc(F)cc21. The summed E-state index contributed by atoms with van der Waals surface area (Å²) in [5.41, 5.74) is 3.52. The summed E-state index contributed by atoms with van der Waals surface area (Å²) in [6.07, 6.45) is 1.96. The molecule has 110 valence electrons. The van der Waals surface area contributed by atoms with Gasteiger partial charge < -0.3 is 4.57 Å². The molecule has 1 unspecified atom stereocenters. The largest absolute Gasteiger partial charge is 0.322 e. The van der Waals surface area contributed by atoms with Crippen LogP contribution < -0.4 is 0 Å². The predicted molar refractivity (Wildman–Crippen MR) is 81.0 cm³/mol. The van der Waals surface area contributed by atoms with E-state index in [0.29, 0.717) is 6.54 Å². The van der Waals surface area contributed by atoms with Crippen LogP contribution in [0.25, 0.3) is 11.0 Å². The Morgan fingerprint density at radius 3 is 2.76 bits per heavy atom. The fourth-order valence-electron chi connectivity index (χ4n) is 2.56. The normalized spacial score (nSPS) is 13.0. The van der Waals surface area contributed by atoms with Crippen LogP contribution in [0.5, 0.6) is 0 Å². The smallest absolute Gasteiger partial charge is 0.128 e. The van der Waals surface area contributed by atoms with E-state index in [-0.39, 0.29) is 11.2 Å². The maximum absolute atomic E-state index is 13.6.